The molecule has 0 bridgehead atoms. The van der Waals surface area contributed by atoms with Crippen molar-refractivity contribution >= 4 is 27.0 Å². The van der Waals surface area contributed by atoms with Gasteiger partial charge in [0.15, 0.2) is 0 Å². The molecule has 0 fully saturated rings. The van der Waals surface area contributed by atoms with Crippen LogP contribution in [0.3, 0.4) is 0 Å². The van der Waals surface area contributed by atoms with Gasteiger partial charge in [-0.25, -0.2) is 8.42 Å². The monoisotopic (exact) mass is 306 g/mol. The summed E-state index contributed by atoms with van der Waals surface area (Å²) in [5.74, 6) is 0.112. The number of rotatable bonds is 5. The lowest BCUT2D eigenvalue weighted by molar-refractivity contribution is 0.473. The molecule has 0 saturated heterocycles. The first-order valence-corrected chi connectivity index (χ1v) is 8.28. The topological polar surface area (TPSA) is 70.0 Å². The summed E-state index contributed by atoms with van der Waals surface area (Å²) in [6.07, 6.45) is 1.91. The highest BCUT2D eigenvalue weighted by Crippen LogP contribution is 2.25. The predicted octanol–water partition coefficient (Wildman–Crippen LogP) is 2.55. The van der Waals surface area contributed by atoms with E-state index < -0.39 is 10.0 Å². The molecule has 1 N–H and O–H groups in total. The third-order valence-corrected chi connectivity index (χ3v) is 4.99. The van der Waals surface area contributed by atoms with Crippen molar-refractivity contribution in [2.75, 3.05) is 12.8 Å². The van der Waals surface area contributed by atoms with Crippen LogP contribution in [-0.4, -0.2) is 37.0 Å². The maximum atomic E-state index is 11.8. The van der Waals surface area contributed by atoms with Crippen molar-refractivity contribution in [1.29, 1.82) is 0 Å². The molecule has 0 aromatic heterocycles. The molecule has 112 valence electrons. The predicted molar refractivity (Wildman–Crippen MR) is 85.0 cm³/mol. The number of sulfonamides is 1. The van der Waals surface area contributed by atoms with Crippen LogP contribution in [0.1, 0.15) is 18.9 Å². The fraction of sp³-hybridized carbons (Fsp3) is 0.267. The molecule has 0 saturated carbocycles. The first-order chi connectivity index (χ1) is 9.95. The van der Waals surface area contributed by atoms with Crippen LogP contribution in [0.15, 0.2) is 41.5 Å². The van der Waals surface area contributed by atoms with Gasteiger partial charge in [0.1, 0.15) is 5.75 Å². The van der Waals surface area contributed by atoms with E-state index in [4.69, 9.17) is 0 Å². The van der Waals surface area contributed by atoms with E-state index in [1.807, 2.05) is 24.3 Å². The summed E-state index contributed by atoms with van der Waals surface area (Å²) in [7, 11) is -2.00. The normalized spacial score (nSPS) is 12.1. The summed E-state index contributed by atoms with van der Waals surface area (Å²) in [4.78, 5) is 0. The number of aromatic hydroxyl groups is 1. The van der Waals surface area contributed by atoms with Crippen molar-refractivity contribution in [3.05, 3.63) is 42.0 Å². The fourth-order valence-corrected chi connectivity index (χ4v) is 2.99. The van der Waals surface area contributed by atoms with Crippen LogP contribution in [0.5, 0.6) is 5.75 Å². The van der Waals surface area contributed by atoms with Gasteiger partial charge in [0.25, 0.3) is 0 Å². The van der Waals surface area contributed by atoms with Crippen LogP contribution < -0.4 is 0 Å². The Morgan fingerprint density at radius 1 is 1.24 bits per heavy atom. The molecule has 0 aliphatic rings. The minimum atomic E-state index is -3.39. The smallest absolute Gasteiger partial charge is 0.249 e. The van der Waals surface area contributed by atoms with Gasteiger partial charge in [-0.15, -0.1) is 0 Å². The zero-order valence-corrected chi connectivity index (χ0v) is 12.8. The third kappa shape index (κ3) is 3.33. The minimum absolute atomic E-state index is 0.0440. The molecule has 0 unspecified atom stereocenters. The van der Waals surface area contributed by atoms with Gasteiger partial charge >= 0.3 is 0 Å². The van der Waals surface area contributed by atoms with Crippen LogP contribution in [0.25, 0.3) is 10.8 Å². The maximum absolute atomic E-state index is 11.8. The van der Waals surface area contributed by atoms with E-state index in [0.29, 0.717) is 12.0 Å². The highest BCUT2D eigenvalue weighted by Gasteiger charge is 2.14. The second-order valence-corrected chi connectivity index (χ2v) is 6.81. The summed E-state index contributed by atoms with van der Waals surface area (Å²) in [6, 6.07) is 10.9. The highest BCUT2D eigenvalue weighted by molar-refractivity contribution is 7.89. The fourth-order valence-electron chi connectivity index (χ4n) is 2.02. The Balaban J connectivity index is 2.40. The Kier molecular flexibility index (Phi) is 4.47. The molecular formula is C15H18N2O3S. The van der Waals surface area contributed by atoms with Crippen molar-refractivity contribution in [2.24, 2.45) is 5.10 Å². The minimum Gasteiger partial charge on any atom is -0.507 e. The van der Waals surface area contributed by atoms with Gasteiger partial charge in [0.05, 0.1) is 12.0 Å². The molecule has 0 spiro atoms. The number of fused-ring (bicyclic) bond motifs is 1. The molecule has 0 aliphatic heterocycles. The van der Waals surface area contributed by atoms with Gasteiger partial charge in [0, 0.05) is 12.6 Å². The molecule has 5 nitrogen and oxygen atoms in total. The van der Waals surface area contributed by atoms with Crippen molar-refractivity contribution < 1.29 is 13.5 Å². The zero-order valence-electron chi connectivity index (χ0n) is 12.0. The molecule has 2 aromatic carbocycles. The lowest BCUT2D eigenvalue weighted by Crippen LogP contribution is -2.24. The highest BCUT2D eigenvalue weighted by atomic mass is 32.2. The summed E-state index contributed by atoms with van der Waals surface area (Å²) in [6.45, 7) is 1.80. The number of hydrogen-bond donors (Lipinski definition) is 1. The average molecular weight is 306 g/mol. The number of hydrazone groups is 1. The quantitative estimate of drug-likeness (QED) is 0.681. The molecular weight excluding hydrogens is 288 g/mol. The third-order valence-electron chi connectivity index (χ3n) is 3.16. The van der Waals surface area contributed by atoms with Gasteiger partial charge in [0.2, 0.25) is 10.0 Å². The van der Waals surface area contributed by atoms with Crippen molar-refractivity contribution in [2.45, 2.75) is 13.3 Å². The summed E-state index contributed by atoms with van der Waals surface area (Å²) in [5.41, 5.74) is 0.506. The Morgan fingerprint density at radius 2 is 1.95 bits per heavy atom. The molecule has 2 aromatic rings. The molecule has 2 rings (SSSR count). The molecule has 21 heavy (non-hydrogen) atoms. The maximum Gasteiger partial charge on any atom is 0.249 e. The van der Waals surface area contributed by atoms with E-state index in [-0.39, 0.29) is 11.5 Å². The number of phenolic OH excluding ortho intramolecular Hbond substituents is 1. The van der Waals surface area contributed by atoms with E-state index >= 15 is 0 Å². The average Bonchev–Trinajstić information content (AvgIpc) is 2.46. The largest absolute Gasteiger partial charge is 0.507 e. The van der Waals surface area contributed by atoms with Gasteiger partial charge in [-0.05, 0) is 23.3 Å². The standard InChI is InChI=1S/C15H18N2O3S/c1-3-10-21(19,20)17(2)16-11-14-13-7-5-4-6-12(13)8-9-15(14)18/h4-9,11,18H,3,10H2,1-2H3/b16-11+. The first-order valence-electron chi connectivity index (χ1n) is 6.67. The zero-order chi connectivity index (χ0) is 15.5. The van der Waals surface area contributed by atoms with Gasteiger partial charge in [-0.1, -0.05) is 37.3 Å². The molecule has 0 atom stereocenters. The molecule has 6 heteroatoms. The van der Waals surface area contributed by atoms with Crippen LogP contribution in [0.4, 0.5) is 0 Å². The Bertz CT molecular complexity index is 770. The van der Waals surface area contributed by atoms with Crippen LogP contribution in [-0.2, 0) is 10.0 Å². The van der Waals surface area contributed by atoms with Gasteiger partial charge in [-0.2, -0.15) is 9.52 Å². The van der Waals surface area contributed by atoms with Crippen LogP contribution >= 0.6 is 0 Å². The Labute approximate surface area is 124 Å². The van der Waals surface area contributed by atoms with Crippen LogP contribution in [0, 0.1) is 0 Å². The number of nitrogens with zero attached hydrogens (tertiary/aromatic N) is 2. The lowest BCUT2D eigenvalue weighted by Gasteiger charge is -2.13. The van der Waals surface area contributed by atoms with Crippen LogP contribution in [0.2, 0.25) is 0 Å². The molecule has 0 heterocycles. The second kappa shape index (κ2) is 6.13. The summed E-state index contributed by atoms with van der Waals surface area (Å²) < 4.78 is 24.6. The van der Waals surface area contributed by atoms with Crippen molar-refractivity contribution in [3.8, 4) is 5.75 Å². The number of benzene rings is 2. The van der Waals surface area contributed by atoms with Crippen molar-refractivity contribution in [1.82, 2.24) is 4.41 Å². The second-order valence-electron chi connectivity index (χ2n) is 4.71. The van der Waals surface area contributed by atoms with Crippen molar-refractivity contribution in [3.63, 3.8) is 0 Å². The van der Waals surface area contributed by atoms with Gasteiger partial charge in [-0.3, -0.25) is 0 Å². The van der Waals surface area contributed by atoms with E-state index in [0.717, 1.165) is 15.2 Å². The van der Waals surface area contributed by atoms with E-state index in [2.05, 4.69) is 5.10 Å². The van der Waals surface area contributed by atoms with E-state index in [9.17, 15) is 13.5 Å². The summed E-state index contributed by atoms with van der Waals surface area (Å²) >= 11 is 0. The van der Waals surface area contributed by atoms with E-state index in [1.165, 1.54) is 13.3 Å². The molecule has 0 aliphatic carbocycles. The number of phenols is 1. The van der Waals surface area contributed by atoms with E-state index in [1.54, 1.807) is 19.1 Å². The van der Waals surface area contributed by atoms with Gasteiger partial charge < -0.3 is 5.11 Å². The lowest BCUT2D eigenvalue weighted by atomic mass is 10.0. The number of hydrogen-bond acceptors (Lipinski definition) is 4. The molecule has 0 radical (unpaired) electrons. The Hall–Kier alpha value is -2.08. The summed E-state index contributed by atoms with van der Waals surface area (Å²) in [5, 5.41) is 15.7. The Morgan fingerprint density at radius 3 is 2.67 bits per heavy atom. The first kappa shape index (κ1) is 15.3. The SMILES string of the molecule is CCCS(=O)(=O)N(C)/N=C/c1c(O)ccc2ccccc12. The molecule has 0 amide bonds.